The molecule has 0 bridgehead atoms. The molecule has 0 aromatic carbocycles. The molecule has 4 rings (SSSR count). The van der Waals surface area contributed by atoms with Crippen LogP contribution in [0, 0.1) is 6.92 Å². The molecule has 0 spiro atoms. The van der Waals surface area contributed by atoms with Crippen molar-refractivity contribution < 1.29 is 0 Å². The molecule has 0 amide bonds. The summed E-state index contributed by atoms with van der Waals surface area (Å²) >= 11 is 0. The second-order valence-electron chi connectivity index (χ2n) is 8.10. The molecule has 2 aromatic rings. The Labute approximate surface area is 162 Å². The van der Waals surface area contributed by atoms with Crippen LogP contribution in [0.15, 0.2) is 30.7 Å². The Morgan fingerprint density at radius 1 is 0.889 bits per heavy atom. The number of pyridine rings is 1. The van der Waals surface area contributed by atoms with Gasteiger partial charge in [-0.15, -0.1) is 0 Å². The lowest BCUT2D eigenvalue weighted by atomic mass is 9.89. The largest absolute Gasteiger partial charge is 0.296 e. The van der Waals surface area contributed by atoms with E-state index in [2.05, 4.69) is 40.2 Å². The van der Waals surface area contributed by atoms with Gasteiger partial charge in [-0.3, -0.25) is 14.8 Å². The van der Waals surface area contributed by atoms with Gasteiger partial charge < -0.3 is 0 Å². The summed E-state index contributed by atoms with van der Waals surface area (Å²) in [6, 6.07) is 4.16. The van der Waals surface area contributed by atoms with E-state index in [0.717, 1.165) is 45.1 Å². The molecule has 5 heteroatoms. The number of rotatable bonds is 5. The molecular formula is C22H31N5. The van der Waals surface area contributed by atoms with E-state index in [1.54, 1.807) is 0 Å². The predicted octanol–water partition coefficient (Wildman–Crippen LogP) is 3.55. The zero-order chi connectivity index (χ0) is 18.5. The van der Waals surface area contributed by atoms with Crippen molar-refractivity contribution in [2.45, 2.75) is 58.0 Å². The molecule has 2 fully saturated rings. The Bertz CT molecular complexity index is 716. The van der Waals surface area contributed by atoms with Crippen LogP contribution in [0.2, 0.25) is 0 Å². The number of aromatic nitrogens is 3. The van der Waals surface area contributed by atoms with Gasteiger partial charge in [0, 0.05) is 69.3 Å². The number of piperazine rings is 1. The number of hydrogen-bond donors (Lipinski definition) is 0. The molecule has 2 aliphatic rings. The van der Waals surface area contributed by atoms with E-state index in [9.17, 15) is 0 Å². The maximum absolute atomic E-state index is 4.69. The third-order valence-electron chi connectivity index (χ3n) is 6.06. The maximum Gasteiger partial charge on any atom is 0.131 e. The van der Waals surface area contributed by atoms with Crippen LogP contribution >= 0.6 is 0 Å². The standard InChI is InChI=1S/C22H31N5/c1-18-6-5-9-23-21(18)17-27-12-10-26(11-13-27)16-19-14-24-22(25-15-19)20-7-3-2-4-8-20/h5-6,9,14-15,20H,2-4,7-8,10-13,16-17H2,1H3. The van der Waals surface area contributed by atoms with Crippen LogP contribution in [-0.2, 0) is 13.1 Å². The molecule has 0 unspecified atom stereocenters. The first-order chi connectivity index (χ1) is 13.3. The summed E-state index contributed by atoms with van der Waals surface area (Å²) < 4.78 is 0. The number of aryl methyl sites for hydroxylation is 1. The van der Waals surface area contributed by atoms with E-state index in [-0.39, 0.29) is 0 Å². The summed E-state index contributed by atoms with van der Waals surface area (Å²) in [6.45, 7) is 8.44. The third-order valence-corrected chi connectivity index (χ3v) is 6.06. The van der Waals surface area contributed by atoms with Crippen LogP contribution in [-0.4, -0.2) is 50.9 Å². The van der Waals surface area contributed by atoms with Crippen molar-refractivity contribution in [3.05, 3.63) is 53.4 Å². The predicted molar refractivity (Wildman–Crippen MR) is 107 cm³/mol. The van der Waals surface area contributed by atoms with Crippen molar-refractivity contribution in [2.75, 3.05) is 26.2 Å². The number of nitrogens with zero attached hydrogens (tertiary/aromatic N) is 5. The highest BCUT2D eigenvalue weighted by molar-refractivity contribution is 5.17. The van der Waals surface area contributed by atoms with Crippen LogP contribution in [0.5, 0.6) is 0 Å². The molecule has 0 N–H and O–H groups in total. The van der Waals surface area contributed by atoms with Crippen LogP contribution in [0.25, 0.3) is 0 Å². The quantitative estimate of drug-likeness (QED) is 0.811. The monoisotopic (exact) mass is 365 g/mol. The van der Waals surface area contributed by atoms with Gasteiger partial charge in [-0.1, -0.05) is 25.3 Å². The second-order valence-corrected chi connectivity index (χ2v) is 8.10. The van der Waals surface area contributed by atoms with Crippen molar-refractivity contribution >= 4 is 0 Å². The normalized spacial score (nSPS) is 20.0. The zero-order valence-electron chi connectivity index (χ0n) is 16.5. The fourth-order valence-corrected chi connectivity index (χ4v) is 4.28. The zero-order valence-corrected chi connectivity index (χ0v) is 16.5. The fourth-order valence-electron chi connectivity index (χ4n) is 4.28. The second kappa shape index (κ2) is 8.89. The molecule has 3 heterocycles. The van der Waals surface area contributed by atoms with Gasteiger partial charge in [0.15, 0.2) is 0 Å². The van der Waals surface area contributed by atoms with Crippen molar-refractivity contribution in [1.29, 1.82) is 0 Å². The van der Waals surface area contributed by atoms with Crippen LogP contribution < -0.4 is 0 Å². The Balaban J connectivity index is 1.26. The summed E-state index contributed by atoms with van der Waals surface area (Å²) in [5, 5.41) is 0. The molecule has 2 aromatic heterocycles. The smallest absolute Gasteiger partial charge is 0.131 e. The summed E-state index contributed by atoms with van der Waals surface area (Å²) in [7, 11) is 0. The minimum Gasteiger partial charge on any atom is -0.296 e. The summed E-state index contributed by atoms with van der Waals surface area (Å²) in [6.07, 6.45) is 12.6. The highest BCUT2D eigenvalue weighted by Crippen LogP contribution is 2.30. The van der Waals surface area contributed by atoms with Crippen LogP contribution in [0.3, 0.4) is 0 Å². The lowest BCUT2D eigenvalue weighted by molar-refractivity contribution is 0.120. The molecular weight excluding hydrogens is 334 g/mol. The van der Waals surface area contributed by atoms with Crippen molar-refractivity contribution in [1.82, 2.24) is 24.8 Å². The first-order valence-corrected chi connectivity index (χ1v) is 10.4. The molecule has 144 valence electrons. The van der Waals surface area contributed by atoms with Crippen LogP contribution in [0.4, 0.5) is 0 Å². The van der Waals surface area contributed by atoms with Gasteiger partial charge in [-0.2, -0.15) is 0 Å². The van der Waals surface area contributed by atoms with Crippen LogP contribution in [0.1, 0.15) is 60.7 Å². The Morgan fingerprint density at radius 3 is 2.22 bits per heavy atom. The first-order valence-electron chi connectivity index (χ1n) is 10.4. The van der Waals surface area contributed by atoms with E-state index in [1.807, 2.05) is 12.3 Å². The molecule has 0 atom stereocenters. The molecule has 1 aliphatic carbocycles. The van der Waals surface area contributed by atoms with Gasteiger partial charge in [0.2, 0.25) is 0 Å². The summed E-state index contributed by atoms with van der Waals surface area (Å²) in [5.41, 5.74) is 3.73. The van der Waals surface area contributed by atoms with Crippen molar-refractivity contribution in [2.24, 2.45) is 0 Å². The molecule has 1 aliphatic heterocycles. The highest BCUT2D eigenvalue weighted by Gasteiger charge is 2.20. The third kappa shape index (κ3) is 4.90. The number of hydrogen-bond acceptors (Lipinski definition) is 5. The minimum absolute atomic E-state index is 0.589. The van der Waals surface area contributed by atoms with Gasteiger partial charge in [0.25, 0.3) is 0 Å². The Hall–Kier alpha value is -1.85. The summed E-state index contributed by atoms with van der Waals surface area (Å²) in [5.74, 6) is 1.65. The maximum atomic E-state index is 4.69. The van der Waals surface area contributed by atoms with Crippen molar-refractivity contribution in [3.8, 4) is 0 Å². The van der Waals surface area contributed by atoms with Gasteiger partial charge in [-0.25, -0.2) is 9.97 Å². The lowest BCUT2D eigenvalue weighted by Crippen LogP contribution is -2.45. The molecule has 0 radical (unpaired) electrons. The first kappa shape index (κ1) is 18.5. The SMILES string of the molecule is Cc1cccnc1CN1CCN(Cc2cnc(C3CCCCC3)nc2)CC1. The van der Waals surface area contributed by atoms with Gasteiger partial charge in [0.05, 0.1) is 5.69 Å². The van der Waals surface area contributed by atoms with Gasteiger partial charge in [-0.05, 0) is 31.4 Å². The molecule has 1 saturated carbocycles. The van der Waals surface area contributed by atoms with E-state index in [0.29, 0.717) is 5.92 Å². The lowest BCUT2D eigenvalue weighted by Gasteiger charge is -2.34. The molecule has 1 saturated heterocycles. The van der Waals surface area contributed by atoms with E-state index in [1.165, 1.54) is 48.9 Å². The Kier molecular flexibility index (Phi) is 6.10. The minimum atomic E-state index is 0.589. The molecule has 27 heavy (non-hydrogen) atoms. The fraction of sp³-hybridized carbons (Fsp3) is 0.591. The van der Waals surface area contributed by atoms with Gasteiger partial charge >= 0.3 is 0 Å². The topological polar surface area (TPSA) is 45.2 Å². The van der Waals surface area contributed by atoms with E-state index >= 15 is 0 Å². The molecule has 5 nitrogen and oxygen atoms in total. The van der Waals surface area contributed by atoms with Crippen molar-refractivity contribution in [3.63, 3.8) is 0 Å². The van der Waals surface area contributed by atoms with Gasteiger partial charge in [0.1, 0.15) is 5.82 Å². The average Bonchev–Trinajstić information content (AvgIpc) is 2.72. The average molecular weight is 366 g/mol. The summed E-state index contributed by atoms with van der Waals surface area (Å²) in [4.78, 5) is 18.9. The Morgan fingerprint density at radius 2 is 1.56 bits per heavy atom. The van der Waals surface area contributed by atoms with E-state index < -0.39 is 0 Å². The van der Waals surface area contributed by atoms with E-state index in [4.69, 9.17) is 9.97 Å². The highest BCUT2D eigenvalue weighted by atomic mass is 15.3.